The van der Waals surface area contributed by atoms with Gasteiger partial charge in [-0.3, -0.25) is 4.79 Å². The highest BCUT2D eigenvalue weighted by atomic mass is 19.2. The summed E-state index contributed by atoms with van der Waals surface area (Å²) in [5, 5.41) is 0. The molecule has 0 amide bonds. The van der Waals surface area contributed by atoms with Crippen molar-refractivity contribution in [2.45, 2.75) is 12.8 Å². The summed E-state index contributed by atoms with van der Waals surface area (Å²) < 4.78 is 135. The van der Waals surface area contributed by atoms with Crippen LogP contribution in [0.25, 0.3) is 0 Å². The summed E-state index contributed by atoms with van der Waals surface area (Å²) in [5.74, 6) is -30.7. The summed E-state index contributed by atoms with van der Waals surface area (Å²) in [5.41, 5.74) is -4.09. The number of Topliss-reactive ketones (excluding diaryl/α,β-unsaturated/α-hetero) is 1. The Bertz CT molecular complexity index is 809. The minimum atomic E-state index is -2.98. The van der Waals surface area contributed by atoms with Crippen molar-refractivity contribution in [3.05, 3.63) is 69.3 Å². The van der Waals surface area contributed by atoms with Gasteiger partial charge in [0.25, 0.3) is 0 Å². The van der Waals surface area contributed by atoms with E-state index in [4.69, 9.17) is 0 Å². The lowest BCUT2D eigenvalue weighted by molar-refractivity contribution is -0.117. The third kappa shape index (κ3) is 2.71. The summed E-state index contributed by atoms with van der Waals surface area (Å²) in [6.07, 6.45) is 0. The van der Waals surface area contributed by atoms with Gasteiger partial charge in [-0.15, -0.1) is 0 Å². The fourth-order valence-corrected chi connectivity index (χ4v) is 2.30. The second-order valence-electron chi connectivity index (χ2n) is 5.01. The van der Waals surface area contributed by atoms with Crippen molar-refractivity contribution in [1.29, 1.82) is 0 Å². The second-order valence-corrected chi connectivity index (χ2v) is 5.01. The zero-order valence-corrected chi connectivity index (χ0v) is 12.3. The molecule has 0 saturated carbocycles. The molecular weight excluding hydrogens is 386 g/mol. The van der Waals surface area contributed by atoms with Crippen LogP contribution in [0.5, 0.6) is 0 Å². The summed E-state index contributed by atoms with van der Waals surface area (Å²) in [7, 11) is 0. The zero-order chi connectivity index (χ0) is 20.1. The van der Waals surface area contributed by atoms with E-state index in [9.17, 15) is 48.7 Å². The molecule has 0 aliphatic rings. The average Bonchev–Trinajstić information content (AvgIpc) is 2.60. The molecule has 0 spiro atoms. The van der Waals surface area contributed by atoms with Gasteiger partial charge in [0, 0.05) is 11.1 Å². The third-order valence-electron chi connectivity index (χ3n) is 3.47. The molecule has 2 aromatic carbocycles. The zero-order valence-electron chi connectivity index (χ0n) is 12.3. The molecule has 2 rings (SSSR count). The largest absolute Gasteiger partial charge is 0.299 e. The van der Waals surface area contributed by atoms with E-state index in [-0.39, 0.29) is 0 Å². The van der Waals surface area contributed by atoms with Gasteiger partial charge < -0.3 is 0 Å². The lowest BCUT2D eigenvalue weighted by Crippen LogP contribution is -2.22. The van der Waals surface area contributed by atoms with Crippen molar-refractivity contribution in [3.8, 4) is 0 Å². The predicted octanol–water partition coefficient (Wildman–Crippen LogP) is 4.80. The molecule has 0 fully saturated rings. The maximum atomic E-state index is 13.9. The van der Waals surface area contributed by atoms with Gasteiger partial charge in [-0.2, -0.15) is 0 Å². The van der Waals surface area contributed by atoms with E-state index in [0.717, 1.165) is 0 Å². The number of benzene rings is 2. The van der Waals surface area contributed by atoms with Gasteiger partial charge in [0.05, 0.1) is 5.92 Å². The summed E-state index contributed by atoms with van der Waals surface area (Å²) >= 11 is 0. The molecule has 11 heteroatoms. The topological polar surface area (TPSA) is 17.1 Å². The summed E-state index contributed by atoms with van der Waals surface area (Å²) in [4.78, 5) is 11.6. The standard InChI is InChI=1S/C15H4F10O/c1-2(26)3(4-6(16)10(20)14(24)11(21)7(4)17)5-8(18)12(22)15(25)13(23)9(5)19/h3H,1H3. The molecule has 0 aromatic heterocycles. The Kier molecular flexibility index (Phi) is 5.02. The van der Waals surface area contributed by atoms with Crippen LogP contribution < -0.4 is 0 Å². The number of halogens is 10. The number of rotatable bonds is 3. The van der Waals surface area contributed by atoms with Crippen molar-refractivity contribution < 1.29 is 48.7 Å². The van der Waals surface area contributed by atoms with E-state index in [1.165, 1.54) is 0 Å². The van der Waals surface area contributed by atoms with E-state index < -0.39 is 81.0 Å². The second kappa shape index (κ2) is 6.61. The van der Waals surface area contributed by atoms with Crippen molar-refractivity contribution in [1.82, 2.24) is 0 Å². The first-order chi connectivity index (χ1) is 11.9. The molecule has 1 nitrogen and oxygen atoms in total. The Labute approximate surface area is 137 Å². The Morgan fingerprint density at radius 2 is 0.692 bits per heavy atom. The highest BCUT2D eigenvalue weighted by molar-refractivity contribution is 5.87. The normalized spacial score (nSPS) is 11.4. The third-order valence-corrected chi connectivity index (χ3v) is 3.47. The first-order valence-electron chi connectivity index (χ1n) is 6.46. The Balaban J connectivity index is 2.99. The van der Waals surface area contributed by atoms with E-state index in [1.54, 1.807) is 0 Å². The van der Waals surface area contributed by atoms with Crippen LogP contribution in [-0.4, -0.2) is 5.78 Å². The summed E-state index contributed by atoms with van der Waals surface area (Å²) in [6.45, 7) is 0.404. The van der Waals surface area contributed by atoms with E-state index in [2.05, 4.69) is 0 Å². The van der Waals surface area contributed by atoms with Gasteiger partial charge in [-0.05, 0) is 6.92 Å². The molecule has 0 bridgehead atoms. The number of ketones is 1. The molecule has 2 aromatic rings. The molecule has 0 heterocycles. The molecule has 0 aliphatic carbocycles. The minimum Gasteiger partial charge on any atom is -0.299 e. The van der Waals surface area contributed by atoms with Gasteiger partial charge in [-0.25, -0.2) is 43.9 Å². The lowest BCUT2D eigenvalue weighted by Gasteiger charge is -2.19. The Hall–Kier alpha value is -2.59. The monoisotopic (exact) mass is 390 g/mol. The average molecular weight is 390 g/mol. The quantitative estimate of drug-likeness (QED) is 0.418. The van der Waals surface area contributed by atoms with Gasteiger partial charge in [0.2, 0.25) is 11.6 Å². The van der Waals surface area contributed by atoms with Crippen LogP contribution in [0.1, 0.15) is 24.0 Å². The fraction of sp³-hybridized carbons (Fsp3) is 0.133. The van der Waals surface area contributed by atoms with Crippen LogP contribution in [0, 0.1) is 58.2 Å². The SMILES string of the molecule is CC(=O)C(c1c(F)c(F)c(F)c(F)c1F)c1c(F)c(F)c(F)c(F)c1F. The maximum Gasteiger partial charge on any atom is 0.200 e. The van der Waals surface area contributed by atoms with Gasteiger partial charge >= 0.3 is 0 Å². The van der Waals surface area contributed by atoms with E-state index in [1.807, 2.05) is 0 Å². The van der Waals surface area contributed by atoms with Gasteiger partial charge in [0.15, 0.2) is 46.5 Å². The highest BCUT2D eigenvalue weighted by Crippen LogP contribution is 2.38. The minimum absolute atomic E-state index is 0.404. The van der Waals surface area contributed by atoms with Crippen molar-refractivity contribution >= 4 is 5.78 Å². The number of hydrogen-bond acceptors (Lipinski definition) is 1. The molecule has 0 N–H and O–H groups in total. The van der Waals surface area contributed by atoms with Crippen molar-refractivity contribution in [2.24, 2.45) is 0 Å². The molecule has 26 heavy (non-hydrogen) atoms. The molecule has 140 valence electrons. The summed E-state index contributed by atoms with van der Waals surface area (Å²) in [6, 6.07) is 0. The smallest absolute Gasteiger partial charge is 0.200 e. The van der Waals surface area contributed by atoms with E-state index in [0.29, 0.717) is 6.92 Å². The first-order valence-corrected chi connectivity index (χ1v) is 6.46. The van der Waals surface area contributed by atoms with E-state index >= 15 is 0 Å². The molecule has 0 aliphatic heterocycles. The van der Waals surface area contributed by atoms with Crippen molar-refractivity contribution in [2.75, 3.05) is 0 Å². The number of carbonyl (C=O) groups is 1. The Morgan fingerprint density at radius 3 is 0.885 bits per heavy atom. The molecule has 0 atom stereocenters. The number of hydrogen-bond donors (Lipinski definition) is 0. The molecule has 0 unspecified atom stereocenters. The molecule has 0 radical (unpaired) electrons. The van der Waals surface area contributed by atoms with Crippen LogP contribution >= 0.6 is 0 Å². The first kappa shape index (κ1) is 19.7. The van der Waals surface area contributed by atoms with Crippen molar-refractivity contribution in [3.63, 3.8) is 0 Å². The highest BCUT2D eigenvalue weighted by Gasteiger charge is 2.39. The maximum absolute atomic E-state index is 13.9. The van der Waals surface area contributed by atoms with Gasteiger partial charge in [-0.1, -0.05) is 0 Å². The molecule has 0 saturated heterocycles. The van der Waals surface area contributed by atoms with Crippen LogP contribution in [0.2, 0.25) is 0 Å². The Morgan fingerprint density at radius 1 is 0.500 bits per heavy atom. The predicted molar refractivity (Wildman–Crippen MR) is 65.0 cm³/mol. The lowest BCUT2D eigenvalue weighted by atomic mass is 9.86. The van der Waals surface area contributed by atoms with Crippen LogP contribution in [-0.2, 0) is 4.79 Å². The van der Waals surface area contributed by atoms with Crippen LogP contribution in [0.3, 0.4) is 0 Å². The van der Waals surface area contributed by atoms with Crippen LogP contribution in [0.15, 0.2) is 0 Å². The van der Waals surface area contributed by atoms with Crippen LogP contribution in [0.4, 0.5) is 43.9 Å². The van der Waals surface area contributed by atoms with Gasteiger partial charge in [0.1, 0.15) is 5.78 Å². The fourth-order valence-electron chi connectivity index (χ4n) is 2.30. The molecular formula is C15H4F10O. The number of carbonyl (C=O) groups excluding carboxylic acids is 1.